The molecule has 106 valence electrons. The Morgan fingerprint density at radius 1 is 1.37 bits per heavy atom. The normalized spacial score (nSPS) is 28.2. The van der Waals surface area contributed by atoms with Crippen LogP contribution in [0.4, 0.5) is 0 Å². The Hall–Kier alpha value is -1.06. The first kappa shape index (κ1) is 14.4. The van der Waals surface area contributed by atoms with E-state index >= 15 is 0 Å². The Balaban J connectivity index is 2.41. The van der Waals surface area contributed by atoms with Gasteiger partial charge in [0.1, 0.15) is 5.75 Å². The number of benzene rings is 1. The highest BCUT2D eigenvalue weighted by Crippen LogP contribution is 2.46. The first-order chi connectivity index (χ1) is 8.88. The topological polar surface area (TPSA) is 55.5 Å². The van der Waals surface area contributed by atoms with Gasteiger partial charge in [-0.1, -0.05) is 25.0 Å². The number of methoxy groups -OCH3 is 1. The van der Waals surface area contributed by atoms with E-state index in [1.807, 2.05) is 38.1 Å². The summed E-state index contributed by atoms with van der Waals surface area (Å²) >= 11 is 0. The molecule has 0 aliphatic heterocycles. The Morgan fingerprint density at radius 3 is 2.74 bits per heavy atom. The van der Waals surface area contributed by atoms with E-state index in [4.69, 9.17) is 10.5 Å². The van der Waals surface area contributed by atoms with Gasteiger partial charge in [-0.25, -0.2) is 0 Å². The van der Waals surface area contributed by atoms with Crippen LogP contribution in [0.15, 0.2) is 24.3 Å². The molecular formula is C16H25NO2. The first-order valence-electron chi connectivity index (χ1n) is 7.04. The maximum atomic E-state index is 11.2. The van der Waals surface area contributed by atoms with Crippen LogP contribution >= 0.6 is 0 Å². The third-order valence-electron chi connectivity index (χ3n) is 4.34. The Bertz CT molecular complexity index is 439. The van der Waals surface area contributed by atoms with Crippen molar-refractivity contribution in [2.45, 2.75) is 50.7 Å². The molecule has 3 nitrogen and oxygen atoms in total. The van der Waals surface area contributed by atoms with Crippen LogP contribution in [0.2, 0.25) is 0 Å². The van der Waals surface area contributed by atoms with Gasteiger partial charge in [-0.05, 0) is 44.4 Å². The minimum atomic E-state index is -0.842. The fraction of sp³-hybridized carbons (Fsp3) is 0.625. The van der Waals surface area contributed by atoms with Crippen LogP contribution in [0.5, 0.6) is 5.75 Å². The Kier molecular flexibility index (Phi) is 3.88. The molecular weight excluding hydrogens is 238 g/mol. The van der Waals surface area contributed by atoms with Crippen molar-refractivity contribution in [3.05, 3.63) is 29.8 Å². The van der Waals surface area contributed by atoms with Crippen LogP contribution in [-0.2, 0) is 5.60 Å². The van der Waals surface area contributed by atoms with Gasteiger partial charge in [0.2, 0.25) is 0 Å². The van der Waals surface area contributed by atoms with Crippen molar-refractivity contribution in [2.75, 3.05) is 7.11 Å². The third-order valence-corrected chi connectivity index (χ3v) is 4.34. The highest BCUT2D eigenvalue weighted by molar-refractivity contribution is 5.33. The summed E-state index contributed by atoms with van der Waals surface area (Å²) in [5.41, 5.74) is 6.00. The van der Waals surface area contributed by atoms with Crippen LogP contribution in [-0.4, -0.2) is 17.8 Å². The second-order valence-corrected chi connectivity index (χ2v) is 6.28. The summed E-state index contributed by atoms with van der Waals surface area (Å²) in [7, 11) is 1.65. The number of rotatable bonds is 3. The summed E-state index contributed by atoms with van der Waals surface area (Å²) in [6.45, 7) is 4.02. The smallest absolute Gasteiger partial charge is 0.119 e. The molecule has 3 N–H and O–H groups in total. The predicted octanol–water partition coefficient (Wildman–Crippen LogP) is 2.81. The molecule has 2 rings (SSSR count). The molecule has 1 aromatic carbocycles. The summed E-state index contributed by atoms with van der Waals surface area (Å²) in [4.78, 5) is 0. The minimum absolute atomic E-state index is 0.0702. The lowest BCUT2D eigenvalue weighted by Crippen LogP contribution is -2.53. The molecule has 1 fully saturated rings. The SMILES string of the molecule is COc1cccc(C2(O)CCCCC2C(C)(C)N)c1. The van der Waals surface area contributed by atoms with Gasteiger partial charge in [0.05, 0.1) is 12.7 Å². The maximum absolute atomic E-state index is 11.2. The second kappa shape index (κ2) is 5.14. The zero-order valence-corrected chi connectivity index (χ0v) is 12.1. The molecule has 0 heterocycles. The molecule has 0 amide bonds. The van der Waals surface area contributed by atoms with Crippen LogP contribution in [0.25, 0.3) is 0 Å². The summed E-state index contributed by atoms with van der Waals surface area (Å²) in [5, 5.41) is 11.2. The largest absolute Gasteiger partial charge is 0.497 e. The van der Waals surface area contributed by atoms with E-state index in [-0.39, 0.29) is 5.92 Å². The van der Waals surface area contributed by atoms with Gasteiger partial charge >= 0.3 is 0 Å². The number of hydrogen-bond acceptors (Lipinski definition) is 3. The minimum Gasteiger partial charge on any atom is -0.497 e. The molecule has 0 radical (unpaired) electrons. The van der Waals surface area contributed by atoms with Crippen molar-refractivity contribution in [3.63, 3.8) is 0 Å². The fourth-order valence-electron chi connectivity index (χ4n) is 3.38. The second-order valence-electron chi connectivity index (χ2n) is 6.28. The highest BCUT2D eigenvalue weighted by Gasteiger charge is 2.46. The van der Waals surface area contributed by atoms with Crippen molar-refractivity contribution >= 4 is 0 Å². The van der Waals surface area contributed by atoms with Gasteiger partial charge in [0.15, 0.2) is 0 Å². The van der Waals surface area contributed by atoms with E-state index in [1.54, 1.807) is 7.11 Å². The predicted molar refractivity (Wildman–Crippen MR) is 77.1 cm³/mol. The van der Waals surface area contributed by atoms with Crippen molar-refractivity contribution in [3.8, 4) is 5.75 Å². The van der Waals surface area contributed by atoms with Gasteiger partial charge in [-0.15, -0.1) is 0 Å². The van der Waals surface area contributed by atoms with Crippen LogP contribution in [0.3, 0.4) is 0 Å². The molecule has 0 saturated heterocycles. The fourth-order valence-corrected chi connectivity index (χ4v) is 3.38. The highest BCUT2D eigenvalue weighted by atomic mass is 16.5. The van der Waals surface area contributed by atoms with Crippen molar-refractivity contribution < 1.29 is 9.84 Å². The van der Waals surface area contributed by atoms with Gasteiger partial charge in [0.25, 0.3) is 0 Å². The zero-order chi connectivity index (χ0) is 14.1. The number of aliphatic hydroxyl groups is 1. The molecule has 1 aromatic rings. The third kappa shape index (κ3) is 2.77. The van der Waals surface area contributed by atoms with E-state index in [9.17, 15) is 5.11 Å². The van der Waals surface area contributed by atoms with E-state index in [0.29, 0.717) is 0 Å². The maximum Gasteiger partial charge on any atom is 0.119 e. The summed E-state index contributed by atoms with van der Waals surface area (Å²) in [6, 6.07) is 7.75. The molecule has 2 unspecified atom stereocenters. The summed E-state index contributed by atoms with van der Waals surface area (Å²) in [5.74, 6) is 0.853. The van der Waals surface area contributed by atoms with E-state index in [2.05, 4.69) is 0 Å². The van der Waals surface area contributed by atoms with Gasteiger partial charge in [-0.2, -0.15) is 0 Å². The number of hydrogen-bond donors (Lipinski definition) is 2. The molecule has 1 aliphatic rings. The molecule has 1 saturated carbocycles. The number of nitrogens with two attached hydrogens (primary N) is 1. The average molecular weight is 263 g/mol. The van der Waals surface area contributed by atoms with Crippen LogP contribution < -0.4 is 10.5 Å². The molecule has 0 aromatic heterocycles. The molecule has 1 aliphatic carbocycles. The Morgan fingerprint density at radius 2 is 2.11 bits per heavy atom. The lowest BCUT2D eigenvalue weighted by Gasteiger charge is -2.47. The lowest BCUT2D eigenvalue weighted by molar-refractivity contribution is -0.0787. The monoisotopic (exact) mass is 263 g/mol. The standard InChI is InChI=1S/C16H25NO2/c1-15(2,17)14-9-4-5-10-16(14,18)12-7-6-8-13(11-12)19-3/h6-8,11,14,18H,4-5,9-10,17H2,1-3H3. The zero-order valence-electron chi connectivity index (χ0n) is 12.1. The van der Waals surface area contributed by atoms with Crippen LogP contribution in [0, 0.1) is 5.92 Å². The Labute approximate surface area is 115 Å². The molecule has 0 spiro atoms. The summed E-state index contributed by atoms with van der Waals surface area (Å²) in [6.07, 6.45) is 3.92. The van der Waals surface area contributed by atoms with E-state index in [1.165, 1.54) is 0 Å². The van der Waals surface area contributed by atoms with E-state index in [0.717, 1.165) is 37.0 Å². The van der Waals surface area contributed by atoms with Gasteiger partial charge in [0, 0.05) is 11.5 Å². The summed E-state index contributed by atoms with van der Waals surface area (Å²) < 4.78 is 5.27. The van der Waals surface area contributed by atoms with E-state index < -0.39 is 11.1 Å². The molecule has 19 heavy (non-hydrogen) atoms. The lowest BCUT2D eigenvalue weighted by atomic mass is 9.64. The quantitative estimate of drug-likeness (QED) is 0.881. The molecule has 0 bridgehead atoms. The van der Waals surface area contributed by atoms with Crippen molar-refractivity contribution in [1.82, 2.24) is 0 Å². The number of ether oxygens (including phenoxy) is 1. The molecule has 3 heteroatoms. The van der Waals surface area contributed by atoms with Gasteiger partial charge < -0.3 is 15.6 Å². The van der Waals surface area contributed by atoms with Crippen molar-refractivity contribution in [1.29, 1.82) is 0 Å². The average Bonchev–Trinajstić information content (AvgIpc) is 2.38. The first-order valence-corrected chi connectivity index (χ1v) is 7.04. The molecule has 2 atom stereocenters. The van der Waals surface area contributed by atoms with Crippen LogP contribution in [0.1, 0.15) is 45.1 Å². The van der Waals surface area contributed by atoms with Gasteiger partial charge in [-0.3, -0.25) is 0 Å². The van der Waals surface area contributed by atoms with Crippen molar-refractivity contribution in [2.24, 2.45) is 11.7 Å².